The number of hydrogen-bond donors (Lipinski definition) is 0. The van der Waals surface area contributed by atoms with Gasteiger partial charge in [0.15, 0.2) is 0 Å². The molecular formula is C15H18F3N3O2. The summed E-state index contributed by atoms with van der Waals surface area (Å²) in [6.07, 6.45) is -3.17. The second kappa shape index (κ2) is 6.35. The number of pyridine rings is 1. The Labute approximate surface area is 132 Å². The number of aromatic nitrogens is 1. The number of anilines is 1. The van der Waals surface area contributed by atoms with Crippen LogP contribution in [-0.4, -0.2) is 54.7 Å². The number of carbonyl (C=O) groups is 1. The van der Waals surface area contributed by atoms with Crippen molar-refractivity contribution in [1.29, 1.82) is 0 Å². The minimum Gasteiger partial charge on any atom is -0.368 e. The highest BCUT2D eigenvalue weighted by Crippen LogP contribution is 2.29. The average molecular weight is 329 g/mol. The molecule has 1 atom stereocenters. The maximum absolute atomic E-state index is 12.7. The summed E-state index contributed by atoms with van der Waals surface area (Å²) in [5, 5.41) is 0. The number of ether oxygens (including phenoxy) is 1. The van der Waals surface area contributed by atoms with Gasteiger partial charge in [0.1, 0.15) is 17.6 Å². The van der Waals surface area contributed by atoms with E-state index in [1.54, 1.807) is 15.9 Å². The predicted molar refractivity (Wildman–Crippen MR) is 77.0 cm³/mol. The second-order valence-corrected chi connectivity index (χ2v) is 5.69. The molecule has 0 aliphatic carbocycles. The molecule has 0 N–H and O–H groups in total. The molecule has 2 fully saturated rings. The molecule has 1 aromatic rings. The molecule has 3 heterocycles. The van der Waals surface area contributed by atoms with Crippen molar-refractivity contribution in [3.05, 3.63) is 23.9 Å². The monoisotopic (exact) mass is 329 g/mol. The summed E-state index contributed by atoms with van der Waals surface area (Å²) >= 11 is 0. The third-order valence-corrected chi connectivity index (χ3v) is 4.15. The quantitative estimate of drug-likeness (QED) is 0.832. The zero-order chi connectivity index (χ0) is 16.4. The summed E-state index contributed by atoms with van der Waals surface area (Å²) in [7, 11) is 0. The third kappa shape index (κ3) is 3.57. The first-order chi connectivity index (χ1) is 10.9. The van der Waals surface area contributed by atoms with Gasteiger partial charge in [-0.3, -0.25) is 4.79 Å². The molecule has 0 saturated carbocycles. The van der Waals surface area contributed by atoms with Crippen LogP contribution in [0.25, 0.3) is 0 Å². The zero-order valence-electron chi connectivity index (χ0n) is 12.6. The number of carbonyl (C=O) groups excluding carboxylic acids is 1. The number of piperazine rings is 1. The van der Waals surface area contributed by atoms with Crippen LogP contribution in [0, 0.1) is 0 Å². The lowest BCUT2D eigenvalue weighted by Gasteiger charge is -2.36. The summed E-state index contributed by atoms with van der Waals surface area (Å²) in [6.45, 7) is 2.48. The average Bonchev–Trinajstić information content (AvgIpc) is 3.08. The number of halogens is 3. The van der Waals surface area contributed by atoms with Gasteiger partial charge in [-0.2, -0.15) is 13.2 Å². The second-order valence-electron chi connectivity index (χ2n) is 5.69. The topological polar surface area (TPSA) is 45.7 Å². The molecule has 0 radical (unpaired) electrons. The molecule has 5 nitrogen and oxygen atoms in total. The Morgan fingerprint density at radius 1 is 1.22 bits per heavy atom. The highest BCUT2D eigenvalue weighted by Gasteiger charge is 2.34. The summed E-state index contributed by atoms with van der Waals surface area (Å²) in [4.78, 5) is 19.4. The van der Waals surface area contributed by atoms with Gasteiger partial charge in [-0.1, -0.05) is 6.07 Å². The third-order valence-electron chi connectivity index (χ3n) is 4.15. The normalized spacial score (nSPS) is 22.5. The Kier molecular flexibility index (Phi) is 4.43. The van der Waals surface area contributed by atoms with Gasteiger partial charge in [-0.15, -0.1) is 0 Å². The summed E-state index contributed by atoms with van der Waals surface area (Å²) in [6, 6.07) is 3.88. The lowest BCUT2D eigenvalue weighted by Crippen LogP contribution is -2.51. The predicted octanol–water partition coefficient (Wildman–Crippen LogP) is 1.93. The first kappa shape index (κ1) is 16.0. The van der Waals surface area contributed by atoms with Crippen molar-refractivity contribution in [1.82, 2.24) is 9.88 Å². The Bertz CT molecular complexity index is 565. The van der Waals surface area contributed by atoms with Gasteiger partial charge >= 0.3 is 6.18 Å². The Morgan fingerprint density at radius 2 is 1.96 bits per heavy atom. The van der Waals surface area contributed by atoms with Gasteiger partial charge in [-0.05, 0) is 25.0 Å². The molecule has 0 spiro atoms. The smallest absolute Gasteiger partial charge is 0.368 e. The van der Waals surface area contributed by atoms with Crippen LogP contribution in [0.5, 0.6) is 0 Å². The molecule has 126 valence electrons. The fourth-order valence-electron chi connectivity index (χ4n) is 2.89. The van der Waals surface area contributed by atoms with Crippen molar-refractivity contribution in [2.24, 2.45) is 0 Å². The number of alkyl halides is 3. The van der Waals surface area contributed by atoms with Crippen molar-refractivity contribution >= 4 is 11.7 Å². The first-order valence-electron chi connectivity index (χ1n) is 7.65. The summed E-state index contributed by atoms with van der Waals surface area (Å²) in [5.74, 6) is 0.281. The van der Waals surface area contributed by atoms with Gasteiger partial charge in [0, 0.05) is 32.8 Å². The van der Waals surface area contributed by atoms with E-state index < -0.39 is 11.9 Å². The molecule has 0 aromatic carbocycles. The van der Waals surface area contributed by atoms with E-state index in [0.29, 0.717) is 38.6 Å². The van der Waals surface area contributed by atoms with E-state index in [1.165, 1.54) is 6.07 Å². The van der Waals surface area contributed by atoms with E-state index in [9.17, 15) is 18.0 Å². The zero-order valence-corrected chi connectivity index (χ0v) is 12.6. The standard InChI is InChI=1S/C15H18F3N3O2/c16-15(17,18)12-4-1-5-13(19-12)20-6-8-21(9-7-20)14(22)11-3-2-10-23-11/h1,4-5,11H,2-3,6-10H2/t11-/m0/s1. The molecule has 0 unspecified atom stereocenters. The molecule has 2 aliphatic rings. The van der Waals surface area contributed by atoms with Gasteiger partial charge in [-0.25, -0.2) is 4.98 Å². The lowest BCUT2D eigenvalue weighted by atomic mass is 10.2. The number of hydrogen-bond acceptors (Lipinski definition) is 4. The molecule has 8 heteroatoms. The van der Waals surface area contributed by atoms with Crippen molar-refractivity contribution in [3.63, 3.8) is 0 Å². The van der Waals surface area contributed by atoms with Crippen LogP contribution >= 0.6 is 0 Å². The van der Waals surface area contributed by atoms with E-state index in [2.05, 4.69) is 4.98 Å². The van der Waals surface area contributed by atoms with Crippen LogP contribution in [0.3, 0.4) is 0 Å². The van der Waals surface area contributed by atoms with Gasteiger partial charge < -0.3 is 14.5 Å². The maximum atomic E-state index is 12.7. The minimum atomic E-state index is -4.45. The first-order valence-corrected chi connectivity index (χ1v) is 7.65. The lowest BCUT2D eigenvalue weighted by molar-refractivity contribution is -0.141. The van der Waals surface area contributed by atoms with Crippen LogP contribution in [0.1, 0.15) is 18.5 Å². The van der Waals surface area contributed by atoms with E-state index >= 15 is 0 Å². The number of rotatable bonds is 2. The van der Waals surface area contributed by atoms with Crippen LogP contribution in [0.15, 0.2) is 18.2 Å². The van der Waals surface area contributed by atoms with Gasteiger partial charge in [0.05, 0.1) is 0 Å². The Balaban J connectivity index is 1.61. The minimum absolute atomic E-state index is 0.0147. The van der Waals surface area contributed by atoms with Crippen LogP contribution in [0.4, 0.5) is 19.0 Å². The van der Waals surface area contributed by atoms with E-state index in [1.807, 2.05) is 0 Å². The number of nitrogens with zero attached hydrogens (tertiary/aromatic N) is 3. The van der Waals surface area contributed by atoms with Crippen molar-refractivity contribution in [2.75, 3.05) is 37.7 Å². The van der Waals surface area contributed by atoms with Crippen molar-refractivity contribution in [2.45, 2.75) is 25.1 Å². The van der Waals surface area contributed by atoms with Gasteiger partial charge in [0.25, 0.3) is 5.91 Å². The SMILES string of the molecule is O=C([C@@H]1CCCO1)N1CCN(c2cccc(C(F)(F)F)n2)CC1. The fourth-order valence-corrected chi connectivity index (χ4v) is 2.89. The van der Waals surface area contributed by atoms with Crippen LogP contribution in [0.2, 0.25) is 0 Å². The largest absolute Gasteiger partial charge is 0.433 e. The van der Waals surface area contributed by atoms with Gasteiger partial charge in [0.2, 0.25) is 0 Å². The van der Waals surface area contributed by atoms with E-state index in [-0.39, 0.29) is 12.0 Å². The Morgan fingerprint density at radius 3 is 2.57 bits per heavy atom. The summed E-state index contributed by atoms with van der Waals surface area (Å²) in [5.41, 5.74) is -0.895. The molecule has 2 aliphatic heterocycles. The highest BCUT2D eigenvalue weighted by molar-refractivity contribution is 5.81. The van der Waals surface area contributed by atoms with Crippen LogP contribution < -0.4 is 4.90 Å². The van der Waals surface area contributed by atoms with Crippen molar-refractivity contribution in [3.8, 4) is 0 Å². The maximum Gasteiger partial charge on any atom is 0.433 e. The molecule has 23 heavy (non-hydrogen) atoms. The Hall–Kier alpha value is -1.83. The molecule has 3 rings (SSSR count). The fraction of sp³-hybridized carbons (Fsp3) is 0.600. The van der Waals surface area contributed by atoms with E-state index in [4.69, 9.17) is 4.74 Å². The number of amides is 1. The van der Waals surface area contributed by atoms with E-state index in [0.717, 1.165) is 18.9 Å². The highest BCUT2D eigenvalue weighted by atomic mass is 19.4. The molecule has 1 amide bonds. The molecule has 2 saturated heterocycles. The summed E-state index contributed by atoms with van der Waals surface area (Å²) < 4.78 is 43.6. The van der Waals surface area contributed by atoms with Crippen LogP contribution in [-0.2, 0) is 15.7 Å². The van der Waals surface area contributed by atoms with Crippen molar-refractivity contribution < 1.29 is 22.7 Å². The molecule has 0 bridgehead atoms. The molecular weight excluding hydrogens is 311 g/mol. The molecule has 1 aromatic heterocycles.